The van der Waals surface area contributed by atoms with Crippen molar-refractivity contribution >= 4 is 21.9 Å². The van der Waals surface area contributed by atoms with Crippen LogP contribution in [-0.2, 0) is 19.6 Å². The predicted octanol–water partition coefficient (Wildman–Crippen LogP) is 0.560. The number of carboxylic acids is 1. The maximum atomic E-state index is 12.5. The van der Waals surface area contributed by atoms with E-state index in [9.17, 15) is 18.0 Å². The number of nitrogens with one attached hydrogen (secondary N) is 1. The number of hydrogen-bond donors (Lipinski definition) is 2. The van der Waals surface area contributed by atoms with Gasteiger partial charge in [0.05, 0.1) is 17.1 Å². The number of rotatable bonds is 5. The van der Waals surface area contributed by atoms with Gasteiger partial charge in [-0.15, -0.1) is 0 Å². The molecule has 1 amide bonds. The fourth-order valence-electron chi connectivity index (χ4n) is 3.74. The minimum atomic E-state index is -3.43. The van der Waals surface area contributed by atoms with E-state index in [1.54, 1.807) is 4.90 Å². The number of carboxylic acid groups (broad SMARTS) is 1. The van der Waals surface area contributed by atoms with Crippen LogP contribution in [0.2, 0.25) is 0 Å². The van der Waals surface area contributed by atoms with Gasteiger partial charge in [0.25, 0.3) is 0 Å². The maximum Gasteiger partial charge on any atom is 0.307 e. The summed E-state index contributed by atoms with van der Waals surface area (Å²) in [6.07, 6.45) is 5.46. The Morgan fingerprint density at radius 2 is 1.74 bits per heavy atom. The first-order chi connectivity index (χ1) is 10.9. The monoisotopic (exact) mass is 344 g/mol. The number of likely N-dealkylation sites (tertiary alicyclic amines) is 1. The summed E-state index contributed by atoms with van der Waals surface area (Å²) in [5.74, 6) is -2.18. The number of carbonyl (C=O) groups excluding carboxylic acids is 1. The van der Waals surface area contributed by atoms with E-state index in [1.165, 1.54) is 0 Å². The molecule has 0 bridgehead atoms. The van der Waals surface area contributed by atoms with Crippen molar-refractivity contribution < 1.29 is 23.1 Å². The summed E-state index contributed by atoms with van der Waals surface area (Å²) < 4.78 is 27.8. The molecule has 2 aliphatic carbocycles. The lowest BCUT2D eigenvalue weighted by Crippen LogP contribution is -2.50. The lowest BCUT2D eigenvalue weighted by Gasteiger charge is -2.33. The first-order valence-corrected chi connectivity index (χ1v) is 9.96. The number of amides is 1. The van der Waals surface area contributed by atoms with E-state index in [1.807, 2.05) is 0 Å². The Morgan fingerprint density at radius 1 is 1.04 bits per heavy atom. The molecular weight excluding hydrogens is 320 g/mol. The van der Waals surface area contributed by atoms with E-state index in [2.05, 4.69) is 4.72 Å². The molecule has 3 fully saturated rings. The zero-order valence-corrected chi connectivity index (χ0v) is 13.9. The van der Waals surface area contributed by atoms with Gasteiger partial charge in [0, 0.05) is 19.1 Å². The van der Waals surface area contributed by atoms with Gasteiger partial charge in [-0.25, -0.2) is 13.1 Å². The molecule has 0 unspecified atom stereocenters. The smallest absolute Gasteiger partial charge is 0.307 e. The van der Waals surface area contributed by atoms with E-state index in [4.69, 9.17) is 5.11 Å². The van der Waals surface area contributed by atoms with Gasteiger partial charge in [-0.05, 0) is 32.1 Å². The van der Waals surface area contributed by atoms with Gasteiger partial charge >= 0.3 is 5.97 Å². The molecule has 3 aliphatic rings. The maximum absolute atomic E-state index is 12.5. The van der Waals surface area contributed by atoms with E-state index in [-0.39, 0.29) is 18.5 Å². The summed E-state index contributed by atoms with van der Waals surface area (Å²) in [5, 5.41) is 8.35. The summed E-state index contributed by atoms with van der Waals surface area (Å²) in [6.45, 7) is 0.709. The van der Waals surface area contributed by atoms with E-state index >= 15 is 0 Å². The molecule has 0 aromatic heterocycles. The molecule has 0 radical (unpaired) electrons. The highest BCUT2D eigenvalue weighted by Gasteiger charge is 2.50. The van der Waals surface area contributed by atoms with Gasteiger partial charge in [0.2, 0.25) is 15.9 Å². The van der Waals surface area contributed by atoms with Crippen molar-refractivity contribution in [1.29, 1.82) is 0 Å². The largest absolute Gasteiger partial charge is 0.481 e. The molecule has 2 saturated carbocycles. The second-order valence-electron chi connectivity index (χ2n) is 6.98. The average Bonchev–Trinajstić information content (AvgIpc) is 3.18. The highest BCUT2D eigenvalue weighted by Crippen LogP contribution is 2.40. The second kappa shape index (κ2) is 6.39. The lowest BCUT2D eigenvalue weighted by atomic mass is 10.1. The van der Waals surface area contributed by atoms with Crippen molar-refractivity contribution in [1.82, 2.24) is 9.62 Å². The minimum absolute atomic E-state index is 0.0332. The summed E-state index contributed by atoms with van der Waals surface area (Å²) in [7, 11) is -3.43. The lowest BCUT2D eigenvalue weighted by molar-refractivity contribution is -0.142. The van der Waals surface area contributed by atoms with Gasteiger partial charge in [-0.3, -0.25) is 9.59 Å². The number of aliphatic carboxylic acids is 1. The number of sulfonamides is 1. The Labute approximate surface area is 136 Å². The Hall–Kier alpha value is -1.15. The van der Waals surface area contributed by atoms with Crippen LogP contribution in [0.3, 0.4) is 0 Å². The molecule has 8 heteroatoms. The topological polar surface area (TPSA) is 104 Å². The molecule has 1 heterocycles. The van der Waals surface area contributed by atoms with Crippen LogP contribution in [0.15, 0.2) is 0 Å². The molecule has 23 heavy (non-hydrogen) atoms. The zero-order valence-electron chi connectivity index (χ0n) is 13.1. The molecule has 0 aromatic carbocycles. The third-order valence-corrected chi connectivity index (χ3v) is 7.16. The fourth-order valence-corrected chi connectivity index (χ4v) is 5.49. The Balaban J connectivity index is 1.59. The first kappa shape index (κ1) is 16.7. The molecule has 2 N–H and O–H groups in total. The van der Waals surface area contributed by atoms with Crippen LogP contribution in [-0.4, -0.2) is 54.7 Å². The van der Waals surface area contributed by atoms with Gasteiger partial charge in [0.1, 0.15) is 0 Å². The van der Waals surface area contributed by atoms with Crippen LogP contribution in [0.25, 0.3) is 0 Å². The normalized spacial score (nSPS) is 32.0. The molecule has 3 atom stereocenters. The molecule has 1 aliphatic heterocycles. The molecule has 7 nitrogen and oxygen atoms in total. The highest BCUT2D eigenvalue weighted by molar-refractivity contribution is 7.90. The van der Waals surface area contributed by atoms with Crippen molar-refractivity contribution in [2.24, 2.45) is 11.8 Å². The number of piperidine rings is 1. The van der Waals surface area contributed by atoms with E-state index < -0.39 is 33.1 Å². The van der Waals surface area contributed by atoms with Crippen molar-refractivity contribution in [3.63, 3.8) is 0 Å². The first-order valence-electron chi connectivity index (χ1n) is 8.41. The average molecular weight is 344 g/mol. The van der Waals surface area contributed by atoms with Gasteiger partial charge < -0.3 is 10.0 Å². The zero-order chi connectivity index (χ0) is 16.6. The molecule has 0 spiro atoms. The Morgan fingerprint density at radius 3 is 2.35 bits per heavy atom. The van der Waals surface area contributed by atoms with Crippen molar-refractivity contribution in [3.05, 3.63) is 0 Å². The standard InChI is InChI=1S/C15H24N2O5S/c18-14(12-8-13(12)15(19)20)17-7-3-6-11(9-17)23(21,22)16-10-4-1-2-5-10/h10-13,16H,1-9H2,(H,19,20)/t11-,12-,13-/m1/s1. The quantitative estimate of drug-likeness (QED) is 0.758. The molecule has 0 aromatic rings. The van der Waals surface area contributed by atoms with E-state index in [0.29, 0.717) is 25.8 Å². The SMILES string of the molecule is O=C(O)[C@@H]1C[C@H]1C(=O)N1CCC[C@@H](S(=O)(=O)NC2CCCC2)C1. The molecule has 3 rings (SSSR count). The number of hydrogen-bond acceptors (Lipinski definition) is 4. The Bertz CT molecular complexity index is 585. The minimum Gasteiger partial charge on any atom is -0.481 e. The van der Waals surface area contributed by atoms with Crippen LogP contribution in [0, 0.1) is 11.8 Å². The fraction of sp³-hybridized carbons (Fsp3) is 0.867. The predicted molar refractivity (Wildman–Crippen MR) is 83.1 cm³/mol. The summed E-state index contributed by atoms with van der Waals surface area (Å²) in [6, 6.07) is 0.0332. The third-order valence-electron chi connectivity index (χ3n) is 5.24. The molecule has 130 valence electrons. The third kappa shape index (κ3) is 3.68. The number of carbonyl (C=O) groups is 2. The summed E-state index contributed by atoms with van der Waals surface area (Å²) >= 11 is 0. The summed E-state index contributed by atoms with van der Waals surface area (Å²) in [4.78, 5) is 24.8. The number of nitrogens with zero attached hydrogens (tertiary/aromatic N) is 1. The second-order valence-corrected chi connectivity index (χ2v) is 8.97. The van der Waals surface area contributed by atoms with Crippen LogP contribution < -0.4 is 4.72 Å². The molecule has 1 saturated heterocycles. The van der Waals surface area contributed by atoms with Gasteiger partial charge in [-0.1, -0.05) is 12.8 Å². The molecular formula is C15H24N2O5S. The van der Waals surface area contributed by atoms with E-state index in [0.717, 1.165) is 25.7 Å². The van der Waals surface area contributed by atoms with Crippen LogP contribution in [0.4, 0.5) is 0 Å². The van der Waals surface area contributed by atoms with Crippen molar-refractivity contribution in [2.75, 3.05) is 13.1 Å². The summed E-state index contributed by atoms with van der Waals surface area (Å²) in [5.41, 5.74) is 0. The Kier molecular flexibility index (Phi) is 4.64. The van der Waals surface area contributed by atoms with Crippen LogP contribution >= 0.6 is 0 Å². The van der Waals surface area contributed by atoms with Gasteiger partial charge in [-0.2, -0.15) is 0 Å². The van der Waals surface area contributed by atoms with Crippen molar-refractivity contribution in [3.8, 4) is 0 Å². The van der Waals surface area contributed by atoms with Gasteiger partial charge in [0.15, 0.2) is 0 Å². The van der Waals surface area contributed by atoms with Crippen molar-refractivity contribution in [2.45, 2.75) is 56.2 Å². The van der Waals surface area contributed by atoms with Crippen LogP contribution in [0.1, 0.15) is 44.9 Å². The van der Waals surface area contributed by atoms with Crippen LogP contribution in [0.5, 0.6) is 0 Å². The highest BCUT2D eigenvalue weighted by atomic mass is 32.2.